The third-order valence-corrected chi connectivity index (χ3v) is 7.46. The fourth-order valence-corrected chi connectivity index (χ4v) is 5.65. The number of imidazole rings is 1. The second-order valence-corrected chi connectivity index (χ2v) is 9.76. The summed E-state index contributed by atoms with van der Waals surface area (Å²) in [5.41, 5.74) is 2.53. The van der Waals surface area contributed by atoms with Crippen LogP contribution in [0.2, 0.25) is 0 Å². The Morgan fingerprint density at radius 2 is 1.82 bits per heavy atom. The van der Waals surface area contributed by atoms with Gasteiger partial charge in [-0.05, 0) is 62.1 Å². The van der Waals surface area contributed by atoms with E-state index in [0.29, 0.717) is 40.4 Å². The highest BCUT2D eigenvalue weighted by molar-refractivity contribution is 5.83. The standard InChI is InChI=1S/C28H22F2N8O/c29-16-8-9-22-20(10-16)28(39)37(15-33-22)17-4-3-5-18(11-17)38-25-12-23(26-32-14-34-36-26)31-13-24(25)35-27(38)19-6-1-2-7-21(19)30/h1-2,6-10,12-15,17-18H,3-5,11H2,(H,32,34,36)/t17-,18+/m0/s1. The summed E-state index contributed by atoms with van der Waals surface area (Å²) in [4.78, 5) is 31.3. The largest absolute Gasteiger partial charge is 0.321 e. The van der Waals surface area contributed by atoms with Crippen molar-refractivity contribution in [1.29, 1.82) is 0 Å². The van der Waals surface area contributed by atoms with Crippen molar-refractivity contribution in [3.05, 3.63) is 89.4 Å². The maximum Gasteiger partial charge on any atom is 0.261 e. The van der Waals surface area contributed by atoms with Crippen LogP contribution in [0.25, 0.3) is 44.8 Å². The summed E-state index contributed by atoms with van der Waals surface area (Å²) >= 11 is 0. The Hall–Kier alpha value is -4.80. The predicted molar refractivity (Wildman–Crippen MR) is 141 cm³/mol. The molecule has 1 saturated carbocycles. The summed E-state index contributed by atoms with van der Waals surface area (Å²) in [7, 11) is 0. The molecule has 2 aromatic carbocycles. The van der Waals surface area contributed by atoms with E-state index < -0.39 is 5.82 Å². The summed E-state index contributed by atoms with van der Waals surface area (Å²) in [6.07, 6.45) is 7.68. The second-order valence-electron chi connectivity index (χ2n) is 9.76. The molecule has 1 aliphatic carbocycles. The van der Waals surface area contributed by atoms with Crippen molar-refractivity contribution in [2.24, 2.45) is 0 Å². The SMILES string of the molecule is O=c1c2cc(F)ccc2ncn1[C@H]1CCC[C@@H](n2c(-c3ccccc3F)nc3cnc(-c4nc[nH]n4)cc32)C1. The second kappa shape index (κ2) is 9.19. The molecular formula is C28H22F2N8O. The zero-order valence-electron chi connectivity index (χ0n) is 20.6. The first-order chi connectivity index (χ1) is 19.1. The lowest BCUT2D eigenvalue weighted by Crippen LogP contribution is -2.30. The predicted octanol–water partition coefficient (Wildman–Crippen LogP) is 5.23. The molecule has 2 atom stereocenters. The molecule has 0 saturated heterocycles. The van der Waals surface area contributed by atoms with Crippen molar-refractivity contribution in [1.82, 2.24) is 39.3 Å². The molecule has 0 radical (unpaired) electrons. The third-order valence-electron chi connectivity index (χ3n) is 7.46. The fraction of sp³-hybridized carbons (Fsp3) is 0.214. The van der Waals surface area contributed by atoms with Gasteiger partial charge in [0.05, 0.1) is 34.5 Å². The Morgan fingerprint density at radius 3 is 2.67 bits per heavy atom. The molecule has 1 fully saturated rings. The minimum atomic E-state index is -0.476. The van der Waals surface area contributed by atoms with E-state index in [-0.39, 0.29) is 28.8 Å². The van der Waals surface area contributed by atoms with Gasteiger partial charge in [-0.15, -0.1) is 0 Å². The lowest BCUT2D eigenvalue weighted by molar-refractivity contribution is 0.267. The molecule has 4 heterocycles. The van der Waals surface area contributed by atoms with Gasteiger partial charge in [0.15, 0.2) is 5.82 Å². The van der Waals surface area contributed by atoms with E-state index in [1.54, 1.807) is 35.3 Å². The molecule has 1 N–H and O–H groups in total. The van der Waals surface area contributed by atoms with Gasteiger partial charge in [0.1, 0.15) is 35.0 Å². The van der Waals surface area contributed by atoms with Crippen LogP contribution in [-0.2, 0) is 0 Å². The van der Waals surface area contributed by atoms with E-state index in [2.05, 4.69) is 29.7 Å². The molecule has 0 aliphatic heterocycles. The minimum absolute atomic E-state index is 0.0964. The van der Waals surface area contributed by atoms with Crippen LogP contribution in [0.3, 0.4) is 0 Å². The number of nitrogens with one attached hydrogen (secondary N) is 1. The summed E-state index contributed by atoms with van der Waals surface area (Å²) in [6.45, 7) is 0. The molecule has 39 heavy (non-hydrogen) atoms. The Bertz CT molecular complexity index is 1900. The molecule has 11 heteroatoms. The van der Waals surface area contributed by atoms with Crippen molar-refractivity contribution < 1.29 is 8.78 Å². The molecule has 0 unspecified atom stereocenters. The molecule has 9 nitrogen and oxygen atoms in total. The molecule has 6 aromatic rings. The summed E-state index contributed by atoms with van der Waals surface area (Å²) < 4.78 is 32.6. The van der Waals surface area contributed by atoms with Crippen molar-refractivity contribution in [2.75, 3.05) is 0 Å². The van der Waals surface area contributed by atoms with Crippen LogP contribution in [0.15, 0.2) is 72.2 Å². The van der Waals surface area contributed by atoms with Crippen LogP contribution in [-0.4, -0.2) is 39.3 Å². The van der Waals surface area contributed by atoms with Crippen molar-refractivity contribution in [3.8, 4) is 22.9 Å². The van der Waals surface area contributed by atoms with Crippen molar-refractivity contribution >= 4 is 21.9 Å². The molecule has 4 aromatic heterocycles. The van der Waals surface area contributed by atoms with E-state index >= 15 is 4.39 Å². The average Bonchev–Trinajstić information content (AvgIpc) is 3.62. The lowest BCUT2D eigenvalue weighted by atomic mass is 9.90. The zero-order chi connectivity index (χ0) is 26.5. The highest BCUT2D eigenvalue weighted by Crippen LogP contribution is 2.40. The number of nitrogens with zero attached hydrogens (tertiary/aromatic N) is 7. The van der Waals surface area contributed by atoms with Gasteiger partial charge in [0.25, 0.3) is 5.56 Å². The van der Waals surface area contributed by atoms with Gasteiger partial charge in [-0.25, -0.2) is 23.7 Å². The number of aromatic amines is 1. The number of hydrogen-bond acceptors (Lipinski definition) is 6. The van der Waals surface area contributed by atoms with Crippen LogP contribution in [0.1, 0.15) is 37.8 Å². The Balaban J connectivity index is 1.36. The van der Waals surface area contributed by atoms with Crippen LogP contribution >= 0.6 is 0 Å². The third kappa shape index (κ3) is 3.97. The monoisotopic (exact) mass is 524 g/mol. The van der Waals surface area contributed by atoms with Crippen LogP contribution < -0.4 is 5.56 Å². The first-order valence-electron chi connectivity index (χ1n) is 12.7. The van der Waals surface area contributed by atoms with Gasteiger partial charge in [0.2, 0.25) is 0 Å². The molecule has 7 rings (SSSR count). The quantitative estimate of drug-likeness (QED) is 0.339. The molecule has 0 bridgehead atoms. The van der Waals surface area contributed by atoms with Crippen molar-refractivity contribution in [3.63, 3.8) is 0 Å². The lowest BCUT2D eigenvalue weighted by Gasteiger charge is -2.32. The number of hydrogen-bond donors (Lipinski definition) is 1. The minimum Gasteiger partial charge on any atom is -0.321 e. The van der Waals surface area contributed by atoms with Crippen molar-refractivity contribution in [2.45, 2.75) is 37.8 Å². The van der Waals surface area contributed by atoms with E-state index in [0.717, 1.165) is 24.8 Å². The topological polar surface area (TPSA) is 107 Å². The molecule has 194 valence electrons. The maximum atomic E-state index is 15.1. The summed E-state index contributed by atoms with van der Waals surface area (Å²) in [5.74, 6) is 0.0878. The first kappa shape index (κ1) is 23.3. The van der Waals surface area contributed by atoms with Crippen LogP contribution in [0.5, 0.6) is 0 Å². The van der Waals surface area contributed by atoms with Gasteiger partial charge in [-0.2, -0.15) is 5.10 Å². The molecule has 0 spiro atoms. The zero-order valence-corrected chi connectivity index (χ0v) is 20.6. The van der Waals surface area contributed by atoms with Gasteiger partial charge in [0, 0.05) is 12.1 Å². The normalized spacial score (nSPS) is 17.7. The summed E-state index contributed by atoms with van der Waals surface area (Å²) in [6, 6.07) is 12.2. The van der Waals surface area contributed by atoms with Gasteiger partial charge in [-0.1, -0.05) is 12.1 Å². The number of fused-ring (bicyclic) bond motifs is 2. The van der Waals surface area contributed by atoms with E-state index in [9.17, 15) is 9.18 Å². The van der Waals surface area contributed by atoms with Crippen LogP contribution in [0, 0.1) is 11.6 Å². The number of H-pyrrole nitrogens is 1. The highest BCUT2D eigenvalue weighted by Gasteiger charge is 2.30. The number of aromatic nitrogens is 8. The van der Waals surface area contributed by atoms with Crippen LogP contribution in [0.4, 0.5) is 8.78 Å². The Labute approximate surface area is 220 Å². The highest BCUT2D eigenvalue weighted by atomic mass is 19.1. The number of halogens is 2. The van der Waals surface area contributed by atoms with Gasteiger partial charge >= 0.3 is 0 Å². The van der Waals surface area contributed by atoms with Gasteiger partial charge in [-0.3, -0.25) is 19.4 Å². The number of benzene rings is 2. The molecule has 0 amide bonds. The van der Waals surface area contributed by atoms with E-state index in [4.69, 9.17) is 4.98 Å². The molecule has 1 aliphatic rings. The maximum absolute atomic E-state index is 15.1. The summed E-state index contributed by atoms with van der Waals surface area (Å²) in [5, 5.41) is 7.10. The van der Waals surface area contributed by atoms with Gasteiger partial charge < -0.3 is 4.57 Å². The average molecular weight is 525 g/mol. The first-order valence-corrected chi connectivity index (χ1v) is 12.7. The number of pyridine rings is 1. The molecular weight excluding hydrogens is 502 g/mol. The Morgan fingerprint density at radius 1 is 0.949 bits per heavy atom. The fourth-order valence-electron chi connectivity index (χ4n) is 5.65. The number of rotatable bonds is 4. The smallest absolute Gasteiger partial charge is 0.261 e. The van der Waals surface area contributed by atoms with E-state index in [1.165, 1.54) is 30.6 Å². The Kier molecular flexibility index (Phi) is 5.50. The van der Waals surface area contributed by atoms with E-state index in [1.807, 2.05) is 6.07 Å².